The van der Waals surface area contributed by atoms with Crippen molar-refractivity contribution in [1.82, 2.24) is 0 Å². The fourth-order valence-corrected chi connectivity index (χ4v) is 1.56. The third kappa shape index (κ3) is 1.96. The molecule has 0 aliphatic heterocycles. The van der Waals surface area contributed by atoms with Crippen LogP contribution in [-0.2, 0) is 4.79 Å². The molecular formula is C12H12NO2+. The SMILES string of the molecule is CC(=O)[NH+]=c1cc(C)oc2ccccc12. The second-order valence-electron chi connectivity index (χ2n) is 3.45. The van der Waals surface area contributed by atoms with Gasteiger partial charge in [0.1, 0.15) is 11.3 Å². The fraction of sp³-hybridized carbons (Fsp3) is 0.167. The summed E-state index contributed by atoms with van der Waals surface area (Å²) in [5.41, 5.74) is 0.779. The van der Waals surface area contributed by atoms with Crippen LogP contribution in [-0.4, -0.2) is 5.91 Å². The first-order chi connectivity index (χ1) is 7.16. The molecule has 2 aromatic rings. The van der Waals surface area contributed by atoms with E-state index in [1.807, 2.05) is 37.3 Å². The second kappa shape index (κ2) is 3.69. The Bertz CT molecular complexity index is 581. The van der Waals surface area contributed by atoms with Gasteiger partial charge in [-0.25, -0.2) is 4.79 Å². The Kier molecular flexibility index (Phi) is 2.37. The van der Waals surface area contributed by atoms with Crippen molar-refractivity contribution in [2.24, 2.45) is 0 Å². The van der Waals surface area contributed by atoms with Crippen LogP contribution in [0, 0.1) is 6.92 Å². The topological polar surface area (TPSA) is 44.2 Å². The molecular weight excluding hydrogens is 190 g/mol. The number of benzene rings is 1. The summed E-state index contributed by atoms with van der Waals surface area (Å²) in [6, 6.07) is 9.45. The van der Waals surface area contributed by atoms with E-state index in [-0.39, 0.29) is 5.91 Å². The van der Waals surface area contributed by atoms with E-state index < -0.39 is 0 Å². The number of carbonyl (C=O) groups excluding carboxylic acids is 1. The molecule has 2 rings (SSSR count). The molecule has 1 aromatic heterocycles. The maximum absolute atomic E-state index is 11.0. The van der Waals surface area contributed by atoms with E-state index in [0.29, 0.717) is 0 Å². The maximum Gasteiger partial charge on any atom is 0.382 e. The lowest BCUT2D eigenvalue weighted by Gasteiger charge is -1.96. The van der Waals surface area contributed by atoms with Crippen molar-refractivity contribution >= 4 is 16.9 Å². The lowest BCUT2D eigenvalue weighted by Crippen LogP contribution is -2.79. The van der Waals surface area contributed by atoms with Crippen LogP contribution in [0.25, 0.3) is 11.0 Å². The first-order valence-electron chi connectivity index (χ1n) is 4.77. The van der Waals surface area contributed by atoms with Crippen molar-refractivity contribution in [2.45, 2.75) is 13.8 Å². The Labute approximate surface area is 87.1 Å². The Balaban J connectivity index is 2.89. The van der Waals surface area contributed by atoms with Gasteiger partial charge < -0.3 is 4.42 Å². The minimum Gasteiger partial charge on any atom is -0.461 e. The molecule has 3 heteroatoms. The minimum atomic E-state index is -0.0780. The van der Waals surface area contributed by atoms with E-state index >= 15 is 0 Å². The van der Waals surface area contributed by atoms with Crippen LogP contribution in [0.3, 0.4) is 0 Å². The van der Waals surface area contributed by atoms with E-state index in [4.69, 9.17) is 4.42 Å². The lowest BCUT2D eigenvalue weighted by atomic mass is 10.2. The fourth-order valence-electron chi connectivity index (χ4n) is 1.56. The van der Waals surface area contributed by atoms with Gasteiger partial charge in [0.15, 0.2) is 0 Å². The zero-order valence-corrected chi connectivity index (χ0v) is 8.70. The summed E-state index contributed by atoms with van der Waals surface area (Å²) >= 11 is 0. The molecule has 1 amide bonds. The zero-order valence-electron chi connectivity index (χ0n) is 8.70. The molecule has 0 saturated heterocycles. The van der Waals surface area contributed by atoms with Crippen LogP contribution < -0.4 is 10.3 Å². The van der Waals surface area contributed by atoms with Gasteiger partial charge in [0.25, 0.3) is 0 Å². The van der Waals surface area contributed by atoms with Gasteiger partial charge in [-0.05, 0) is 19.1 Å². The summed E-state index contributed by atoms with van der Waals surface area (Å²) in [4.78, 5) is 13.8. The second-order valence-corrected chi connectivity index (χ2v) is 3.45. The summed E-state index contributed by atoms with van der Waals surface area (Å²) in [6.45, 7) is 3.35. The van der Waals surface area contributed by atoms with Crippen molar-refractivity contribution in [3.63, 3.8) is 0 Å². The summed E-state index contributed by atoms with van der Waals surface area (Å²) in [6.07, 6.45) is 0. The number of nitrogens with one attached hydrogen (secondary N) is 1. The largest absolute Gasteiger partial charge is 0.461 e. The summed E-state index contributed by atoms with van der Waals surface area (Å²) in [5, 5.41) is 1.71. The third-order valence-corrected chi connectivity index (χ3v) is 2.11. The lowest BCUT2D eigenvalue weighted by molar-refractivity contribution is -0.413. The number of rotatable bonds is 0. The van der Waals surface area contributed by atoms with Crippen LogP contribution in [0.15, 0.2) is 34.7 Å². The Morgan fingerprint density at radius 2 is 2.07 bits per heavy atom. The Hall–Kier alpha value is -1.90. The number of fused-ring (bicyclic) bond motifs is 1. The average molecular weight is 202 g/mol. The van der Waals surface area contributed by atoms with Crippen LogP contribution in [0.1, 0.15) is 12.7 Å². The summed E-state index contributed by atoms with van der Waals surface area (Å²) in [5.74, 6) is 0.697. The van der Waals surface area contributed by atoms with E-state index in [9.17, 15) is 4.79 Å². The molecule has 0 aliphatic carbocycles. The monoisotopic (exact) mass is 202 g/mol. The van der Waals surface area contributed by atoms with Gasteiger partial charge in [-0.1, -0.05) is 12.1 Å². The number of hydrogen-bond donors (Lipinski definition) is 1. The quantitative estimate of drug-likeness (QED) is 0.666. The Morgan fingerprint density at radius 1 is 1.33 bits per heavy atom. The molecule has 1 aromatic carbocycles. The van der Waals surface area contributed by atoms with Crippen molar-refractivity contribution in [3.8, 4) is 0 Å². The third-order valence-electron chi connectivity index (χ3n) is 2.11. The zero-order chi connectivity index (χ0) is 10.8. The molecule has 0 atom stereocenters. The molecule has 3 nitrogen and oxygen atoms in total. The number of para-hydroxylation sites is 1. The maximum atomic E-state index is 11.0. The highest BCUT2D eigenvalue weighted by Gasteiger charge is 2.04. The normalized spacial score (nSPS) is 12.0. The predicted molar refractivity (Wildman–Crippen MR) is 55.7 cm³/mol. The van der Waals surface area contributed by atoms with E-state index in [2.05, 4.69) is 4.99 Å². The number of amides is 1. The smallest absolute Gasteiger partial charge is 0.382 e. The Morgan fingerprint density at radius 3 is 2.80 bits per heavy atom. The van der Waals surface area contributed by atoms with Gasteiger partial charge >= 0.3 is 5.91 Å². The molecule has 0 fully saturated rings. The molecule has 0 bridgehead atoms. The van der Waals surface area contributed by atoms with Crippen molar-refractivity contribution < 1.29 is 14.2 Å². The molecule has 0 unspecified atom stereocenters. The first kappa shape index (κ1) is 9.65. The van der Waals surface area contributed by atoms with Crippen molar-refractivity contribution in [3.05, 3.63) is 41.4 Å². The average Bonchev–Trinajstić information content (AvgIpc) is 2.16. The van der Waals surface area contributed by atoms with Gasteiger partial charge in [-0.15, -0.1) is 0 Å². The molecule has 15 heavy (non-hydrogen) atoms. The van der Waals surface area contributed by atoms with E-state index in [1.165, 1.54) is 6.92 Å². The van der Waals surface area contributed by atoms with Gasteiger partial charge in [0.05, 0.1) is 12.3 Å². The highest BCUT2D eigenvalue weighted by Crippen LogP contribution is 2.09. The standard InChI is InChI=1S/C12H11NO2/c1-8-7-11(13-9(2)14)10-5-3-4-6-12(10)15-8/h3-7H,1-2H3/p+1. The van der Waals surface area contributed by atoms with Crippen LogP contribution in [0.4, 0.5) is 0 Å². The van der Waals surface area contributed by atoms with Crippen molar-refractivity contribution in [1.29, 1.82) is 0 Å². The molecule has 0 spiro atoms. The number of aryl methyl sites for hydroxylation is 1. The van der Waals surface area contributed by atoms with Gasteiger partial charge in [0, 0.05) is 6.07 Å². The molecule has 1 heterocycles. The molecule has 1 N–H and O–H groups in total. The van der Waals surface area contributed by atoms with E-state index in [0.717, 1.165) is 22.1 Å². The molecule has 76 valence electrons. The molecule has 0 radical (unpaired) electrons. The summed E-state index contributed by atoms with van der Waals surface area (Å²) < 4.78 is 5.53. The number of hydrogen-bond acceptors (Lipinski definition) is 2. The minimum absolute atomic E-state index is 0.0780. The predicted octanol–water partition coefficient (Wildman–Crippen LogP) is 0.269. The van der Waals surface area contributed by atoms with Crippen LogP contribution >= 0.6 is 0 Å². The first-order valence-corrected chi connectivity index (χ1v) is 4.77. The highest BCUT2D eigenvalue weighted by molar-refractivity contribution is 5.75. The van der Waals surface area contributed by atoms with Crippen LogP contribution in [0.5, 0.6) is 0 Å². The van der Waals surface area contributed by atoms with Gasteiger partial charge in [0.2, 0.25) is 5.36 Å². The molecule has 0 aliphatic rings. The van der Waals surface area contributed by atoms with Gasteiger partial charge in [-0.3, -0.25) is 0 Å². The van der Waals surface area contributed by atoms with E-state index in [1.54, 1.807) is 0 Å². The van der Waals surface area contributed by atoms with Crippen LogP contribution in [0.2, 0.25) is 0 Å². The summed E-state index contributed by atoms with van der Waals surface area (Å²) in [7, 11) is 0. The van der Waals surface area contributed by atoms with Gasteiger partial charge in [-0.2, -0.15) is 4.99 Å². The molecule has 0 saturated carbocycles. The van der Waals surface area contributed by atoms with Crippen molar-refractivity contribution in [2.75, 3.05) is 0 Å². The number of carbonyl (C=O) groups is 1. The highest BCUT2D eigenvalue weighted by atomic mass is 16.3.